The summed E-state index contributed by atoms with van der Waals surface area (Å²) in [6, 6.07) is 0.700. The minimum Gasteiger partial charge on any atom is -0.375 e. The first-order valence-electron chi connectivity index (χ1n) is 8.58. The minimum atomic E-state index is 0.266. The first-order chi connectivity index (χ1) is 9.21. The zero-order chi connectivity index (χ0) is 13.7. The van der Waals surface area contributed by atoms with Crippen LogP contribution in [0.15, 0.2) is 0 Å². The van der Waals surface area contributed by atoms with E-state index < -0.39 is 0 Å². The zero-order valence-corrected chi connectivity index (χ0v) is 13.2. The third kappa shape index (κ3) is 3.72. The monoisotopic (exact) mass is 267 g/mol. The lowest BCUT2D eigenvalue weighted by atomic mass is 9.76. The second kappa shape index (κ2) is 7.08. The summed E-state index contributed by atoms with van der Waals surface area (Å²) in [4.78, 5) is 0. The largest absolute Gasteiger partial charge is 0.375 e. The normalized spacial score (nSPS) is 29.5. The maximum atomic E-state index is 6.20. The van der Waals surface area contributed by atoms with Gasteiger partial charge in [0.05, 0.1) is 5.60 Å². The van der Waals surface area contributed by atoms with E-state index in [1.54, 1.807) is 0 Å². The van der Waals surface area contributed by atoms with Crippen LogP contribution in [0.4, 0.5) is 0 Å². The average molecular weight is 267 g/mol. The van der Waals surface area contributed by atoms with Crippen molar-refractivity contribution in [3.8, 4) is 0 Å². The lowest BCUT2D eigenvalue weighted by Crippen LogP contribution is -2.48. The van der Waals surface area contributed by atoms with E-state index in [1.165, 1.54) is 51.4 Å². The molecule has 1 saturated heterocycles. The Morgan fingerprint density at radius 1 is 1.26 bits per heavy atom. The molecule has 0 aromatic rings. The molecule has 1 spiro atoms. The summed E-state index contributed by atoms with van der Waals surface area (Å²) in [7, 11) is 0. The van der Waals surface area contributed by atoms with E-state index in [2.05, 4.69) is 26.1 Å². The van der Waals surface area contributed by atoms with Crippen molar-refractivity contribution in [3.63, 3.8) is 0 Å². The Morgan fingerprint density at radius 2 is 2.00 bits per heavy atom. The van der Waals surface area contributed by atoms with E-state index in [4.69, 9.17) is 4.74 Å². The number of nitrogens with one attached hydrogen (secondary N) is 1. The molecular formula is C17H33NO. The average Bonchev–Trinajstić information content (AvgIpc) is 2.84. The van der Waals surface area contributed by atoms with Gasteiger partial charge in [-0.3, -0.25) is 0 Å². The molecule has 0 radical (unpaired) electrons. The Morgan fingerprint density at radius 3 is 2.63 bits per heavy atom. The molecule has 0 aromatic carbocycles. The van der Waals surface area contributed by atoms with Crippen LogP contribution in [0.5, 0.6) is 0 Å². The Kier molecular flexibility index (Phi) is 5.70. The molecule has 0 aromatic heterocycles. The van der Waals surface area contributed by atoms with Crippen molar-refractivity contribution in [1.29, 1.82) is 0 Å². The van der Waals surface area contributed by atoms with Crippen LogP contribution >= 0.6 is 0 Å². The second-order valence-electron chi connectivity index (χ2n) is 6.84. The van der Waals surface area contributed by atoms with Gasteiger partial charge in [-0.05, 0) is 50.5 Å². The molecule has 0 bridgehead atoms. The van der Waals surface area contributed by atoms with Crippen molar-refractivity contribution in [1.82, 2.24) is 5.32 Å². The maximum absolute atomic E-state index is 6.20. The van der Waals surface area contributed by atoms with Crippen LogP contribution in [0.1, 0.15) is 72.1 Å². The molecule has 1 heterocycles. The molecule has 1 N–H and O–H groups in total. The van der Waals surface area contributed by atoms with Crippen molar-refractivity contribution in [3.05, 3.63) is 0 Å². The lowest BCUT2D eigenvalue weighted by Gasteiger charge is -2.43. The van der Waals surface area contributed by atoms with E-state index in [1.807, 2.05) is 0 Å². The van der Waals surface area contributed by atoms with Gasteiger partial charge in [0.15, 0.2) is 0 Å². The fourth-order valence-corrected chi connectivity index (χ4v) is 4.44. The molecule has 2 heteroatoms. The summed E-state index contributed by atoms with van der Waals surface area (Å²) in [5.74, 6) is 1.62. The second-order valence-corrected chi connectivity index (χ2v) is 6.84. The summed E-state index contributed by atoms with van der Waals surface area (Å²) in [6.07, 6.45) is 10.6. The molecule has 1 aliphatic carbocycles. The van der Waals surface area contributed by atoms with Gasteiger partial charge >= 0.3 is 0 Å². The van der Waals surface area contributed by atoms with Crippen molar-refractivity contribution >= 4 is 0 Å². The quantitative estimate of drug-likeness (QED) is 0.781. The smallest absolute Gasteiger partial charge is 0.0685 e. The molecule has 1 aliphatic heterocycles. The van der Waals surface area contributed by atoms with Crippen molar-refractivity contribution in [2.75, 3.05) is 13.2 Å². The van der Waals surface area contributed by atoms with Gasteiger partial charge in [-0.15, -0.1) is 0 Å². The Balaban J connectivity index is 1.99. The SMILES string of the molecule is CCCC(C)C(NCC)C1CCOC2(CCCC2)C1. The Bertz CT molecular complexity index is 260. The molecule has 2 nitrogen and oxygen atoms in total. The highest BCUT2D eigenvalue weighted by Gasteiger charge is 2.42. The highest BCUT2D eigenvalue weighted by molar-refractivity contribution is 4.95. The zero-order valence-electron chi connectivity index (χ0n) is 13.2. The molecule has 1 saturated carbocycles. The highest BCUT2D eigenvalue weighted by atomic mass is 16.5. The third-order valence-electron chi connectivity index (χ3n) is 5.35. The van der Waals surface area contributed by atoms with Crippen LogP contribution in [0.25, 0.3) is 0 Å². The number of hydrogen-bond acceptors (Lipinski definition) is 2. The highest BCUT2D eigenvalue weighted by Crippen LogP contribution is 2.43. The van der Waals surface area contributed by atoms with Crippen LogP contribution in [0.3, 0.4) is 0 Å². The van der Waals surface area contributed by atoms with Crippen molar-refractivity contribution in [2.24, 2.45) is 11.8 Å². The van der Waals surface area contributed by atoms with Gasteiger partial charge in [-0.1, -0.05) is 40.0 Å². The lowest BCUT2D eigenvalue weighted by molar-refractivity contribution is -0.101. The Hall–Kier alpha value is -0.0800. The molecule has 3 unspecified atom stereocenters. The molecule has 19 heavy (non-hydrogen) atoms. The van der Waals surface area contributed by atoms with Crippen LogP contribution in [0, 0.1) is 11.8 Å². The number of rotatable bonds is 6. The van der Waals surface area contributed by atoms with Gasteiger partial charge in [0.25, 0.3) is 0 Å². The van der Waals surface area contributed by atoms with Crippen molar-refractivity contribution < 1.29 is 4.74 Å². The molecule has 0 amide bonds. The fourth-order valence-electron chi connectivity index (χ4n) is 4.44. The van der Waals surface area contributed by atoms with Crippen molar-refractivity contribution in [2.45, 2.75) is 83.8 Å². The minimum absolute atomic E-state index is 0.266. The van der Waals surface area contributed by atoms with Gasteiger partial charge in [0.1, 0.15) is 0 Å². The van der Waals surface area contributed by atoms with Crippen LogP contribution < -0.4 is 5.32 Å². The molecule has 112 valence electrons. The third-order valence-corrected chi connectivity index (χ3v) is 5.35. The van der Waals surface area contributed by atoms with E-state index in [0.717, 1.165) is 25.0 Å². The molecular weight excluding hydrogens is 234 g/mol. The van der Waals surface area contributed by atoms with Crippen LogP contribution in [0.2, 0.25) is 0 Å². The van der Waals surface area contributed by atoms with Gasteiger partial charge in [0, 0.05) is 12.6 Å². The van der Waals surface area contributed by atoms with E-state index in [-0.39, 0.29) is 5.60 Å². The predicted octanol–water partition coefficient (Wildman–Crippen LogP) is 4.14. The summed E-state index contributed by atoms with van der Waals surface area (Å²) in [5, 5.41) is 3.79. The number of hydrogen-bond donors (Lipinski definition) is 1. The van der Waals surface area contributed by atoms with Gasteiger partial charge < -0.3 is 10.1 Å². The molecule has 2 fully saturated rings. The maximum Gasteiger partial charge on any atom is 0.0685 e. The molecule has 2 rings (SSSR count). The van der Waals surface area contributed by atoms with Gasteiger partial charge in [0.2, 0.25) is 0 Å². The van der Waals surface area contributed by atoms with E-state index in [0.29, 0.717) is 6.04 Å². The van der Waals surface area contributed by atoms with Gasteiger partial charge in [-0.2, -0.15) is 0 Å². The first kappa shape index (κ1) is 15.3. The fraction of sp³-hybridized carbons (Fsp3) is 1.00. The van der Waals surface area contributed by atoms with Crippen LogP contribution in [-0.4, -0.2) is 24.8 Å². The van der Waals surface area contributed by atoms with E-state index >= 15 is 0 Å². The van der Waals surface area contributed by atoms with Crippen LogP contribution in [-0.2, 0) is 4.74 Å². The van der Waals surface area contributed by atoms with Gasteiger partial charge in [-0.25, -0.2) is 0 Å². The van der Waals surface area contributed by atoms with E-state index in [9.17, 15) is 0 Å². The first-order valence-corrected chi connectivity index (χ1v) is 8.58. The summed E-state index contributed by atoms with van der Waals surface area (Å²) < 4.78 is 6.20. The predicted molar refractivity (Wildman–Crippen MR) is 81.4 cm³/mol. The summed E-state index contributed by atoms with van der Waals surface area (Å²) in [6.45, 7) is 9.08. The molecule has 3 atom stereocenters. The standard InChI is InChI=1S/C17H33NO/c1-4-8-14(3)16(18-5-2)15-9-12-19-17(13-15)10-6-7-11-17/h14-16,18H,4-13H2,1-3H3. The summed E-state index contributed by atoms with van der Waals surface area (Å²) >= 11 is 0. The summed E-state index contributed by atoms with van der Waals surface area (Å²) in [5.41, 5.74) is 0.266. The number of ether oxygens (including phenoxy) is 1. The Labute approximate surface area is 119 Å². The molecule has 2 aliphatic rings. The topological polar surface area (TPSA) is 21.3 Å².